The monoisotopic (exact) mass is 814 g/mol. The summed E-state index contributed by atoms with van der Waals surface area (Å²) in [5, 5.41) is 26.6. The number of aliphatic hydroxyl groups excluding tert-OH is 2. The Bertz CT molecular complexity index is 2380. The number of benzene rings is 5. The minimum absolute atomic E-state index is 0.00132. The van der Waals surface area contributed by atoms with Crippen LogP contribution in [0.3, 0.4) is 0 Å². The molecule has 12 heteroatoms. The number of ether oxygens (including phenoxy) is 4. The molecule has 0 spiro atoms. The van der Waals surface area contributed by atoms with Gasteiger partial charge >= 0.3 is 5.69 Å². The van der Waals surface area contributed by atoms with Crippen LogP contribution >= 0.6 is 0 Å². The first-order valence-corrected chi connectivity index (χ1v) is 21.4. The molecule has 5 aromatic carbocycles. The third-order valence-electron chi connectivity index (χ3n) is 11.4. The standard InChI is InChI=1S/C47H50N2O9Si/c1-45(2,3)59(38-17-11-7-12-18-38,39-19-13-8-14-20-39)58-42-41(52)43(49-30-29-40(51)48-44(49)53)57-46(42,32-50)47(34-15-9-6-10-16-34,35-23-27-37(55-5)28-24-35)56-31-33-21-25-36(54-4)26-22-33/h6-30,41-43,50,52H,31-32H2,1-5H3,(H,48,51,53). The smallest absolute Gasteiger partial charge is 0.330 e. The van der Waals surface area contributed by atoms with Crippen molar-refractivity contribution in [3.8, 4) is 11.5 Å². The van der Waals surface area contributed by atoms with Crippen molar-refractivity contribution < 1.29 is 33.6 Å². The number of methoxy groups -OCH3 is 2. The fraction of sp³-hybridized carbons (Fsp3) is 0.277. The van der Waals surface area contributed by atoms with Crippen LogP contribution in [-0.2, 0) is 26.1 Å². The van der Waals surface area contributed by atoms with Crippen molar-refractivity contribution in [1.29, 1.82) is 0 Å². The van der Waals surface area contributed by atoms with Gasteiger partial charge in [-0.25, -0.2) is 4.79 Å². The van der Waals surface area contributed by atoms with Gasteiger partial charge in [-0.15, -0.1) is 0 Å². The van der Waals surface area contributed by atoms with Gasteiger partial charge in [-0.05, 0) is 56.4 Å². The lowest BCUT2D eigenvalue weighted by Crippen LogP contribution is -2.72. The van der Waals surface area contributed by atoms with Crippen LogP contribution in [0.4, 0.5) is 0 Å². The summed E-state index contributed by atoms with van der Waals surface area (Å²) in [5.41, 5.74) is -3.31. The number of nitrogens with zero attached hydrogens (tertiary/aromatic N) is 1. The van der Waals surface area contributed by atoms with E-state index in [0.717, 1.165) is 20.5 Å². The fourth-order valence-electron chi connectivity index (χ4n) is 8.55. The van der Waals surface area contributed by atoms with Crippen LogP contribution in [-0.4, -0.2) is 66.7 Å². The maximum absolute atomic E-state index is 13.7. The Morgan fingerprint density at radius 1 is 0.729 bits per heavy atom. The largest absolute Gasteiger partial charge is 0.497 e. The van der Waals surface area contributed by atoms with Gasteiger partial charge in [-0.2, -0.15) is 0 Å². The Balaban J connectivity index is 1.57. The Morgan fingerprint density at radius 3 is 1.73 bits per heavy atom. The predicted octanol–water partition coefficient (Wildman–Crippen LogP) is 5.28. The zero-order valence-electron chi connectivity index (χ0n) is 33.8. The molecule has 5 atom stereocenters. The van der Waals surface area contributed by atoms with E-state index >= 15 is 0 Å². The van der Waals surface area contributed by atoms with E-state index in [1.807, 2.05) is 127 Å². The summed E-state index contributed by atoms with van der Waals surface area (Å²) < 4.78 is 34.5. The molecule has 0 bridgehead atoms. The lowest BCUT2D eigenvalue weighted by atomic mass is 9.69. The van der Waals surface area contributed by atoms with Crippen LogP contribution < -0.4 is 31.1 Å². The number of hydrogen-bond acceptors (Lipinski definition) is 9. The molecule has 306 valence electrons. The van der Waals surface area contributed by atoms with Gasteiger partial charge in [0.05, 0.1) is 27.4 Å². The number of hydrogen-bond donors (Lipinski definition) is 3. The fourth-order valence-corrected chi connectivity index (χ4v) is 13.3. The molecule has 2 heterocycles. The average molecular weight is 815 g/mol. The minimum Gasteiger partial charge on any atom is -0.497 e. The molecule has 1 aliphatic heterocycles. The molecule has 7 rings (SSSR count). The summed E-state index contributed by atoms with van der Waals surface area (Å²) >= 11 is 0. The number of nitrogens with one attached hydrogen (secondary N) is 1. The molecule has 5 unspecified atom stereocenters. The quantitative estimate of drug-likeness (QED) is 0.125. The van der Waals surface area contributed by atoms with Crippen LogP contribution in [0.25, 0.3) is 0 Å². The van der Waals surface area contributed by atoms with Crippen molar-refractivity contribution >= 4 is 18.7 Å². The van der Waals surface area contributed by atoms with Gasteiger partial charge in [-0.3, -0.25) is 14.3 Å². The van der Waals surface area contributed by atoms with Gasteiger partial charge in [0.25, 0.3) is 13.9 Å². The summed E-state index contributed by atoms with van der Waals surface area (Å²) in [6, 6.07) is 45.1. The van der Waals surface area contributed by atoms with E-state index in [0.29, 0.717) is 22.6 Å². The minimum atomic E-state index is -3.59. The van der Waals surface area contributed by atoms with E-state index in [1.54, 1.807) is 26.4 Å². The highest BCUT2D eigenvalue weighted by molar-refractivity contribution is 6.99. The SMILES string of the molecule is COc1ccc(COC(c2ccccc2)(c2ccc(OC)cc2)C2(CO)OC(n3ccc(=O)[nH]c3=O)C(O)C2O[Si](c2ccccc2)(c2ccccc2)C(C)(C)C)cc1. The maximum Gasteiger partial charge on any atom is 0.330 e. The van der Waals surface area contributed by atoms with Crippen LogP contribution in [0.15, 0.2) is 161 Å². The molecule has 59 heavy (non-hydrogen) atoms. The third-order valence-corrected chi connectivity index (χ3v) is 16.4. The van der Waals surface area contributed by atoms with E-state index in [1.165, 1.54) is 12.3 Å². The molecule has 0 aliphatic carbocycles. The molecule has 3 N–H and O–H groups in total. The van der Waals surface area contributed by atoms with Gasteiger partial charge in [0, 0.05) is 12.3 Å². The second-order valence-electron chi connectivity index (χ2n) is 15.7. The second-order valence-corrected chi connectivity index (χ2v) is 19.9. The van der Waals surface area contributed by atoms with E-state index in [9.17, 15) is 19.8 Å². The molecule has 0 amide bonds. The number of H-pyrrole nitrogens is 1. The van der Waals surface area contributed by atoms with Gasteiger partial charge in [0.2, 0.25) is 0 Å². The molecule has 6 aromatic rings. The third kappa shape index (κ3) is 7.37. The molecular formula is C47H50N2O9Si. The van der Waals surface area contributed by atoms with Gasteiger partial charge in [0.1, 0.15) is 23.7 Å². The zero-order valence-corrected chi connectivity index (χ0v) is 34.8. The molecule has 0 saturated carbocycles. The molecule has 11 nitrogen and oxygen atoms in total. The van der Waals surface area contributed by atoms with Crippen molar-refractivity contribution in [3.63, 3.8) is 0 Å². The summed E-state index contributed by atoms with van der Waals surface area (Å²) in [6.45, 7) is 5.58. The number of rotatable bonds is 14. The molecule has 1 fully saturated rings. The van der Waals surface area contributed by atoms with Crippen molar-refractivity contribution in [2.75, 3.05) is 20.8 Å². The van der Waals surface area contributed by atoms with E-state index in [-0.39, 0.29) is 6.61 Å². The Morgan fingerprint density at radius 2 is 1.24 bits per heavy atom. The van der Waals surface area contributed by atoms with Crippen molar-refractivity contribution in [2.45, 2.75) is 62.1 Å². The lowest BCUT2D eigenvalue weighted by Gasteiger charge is -2.53. The normalized spacial score (nSPS) is 20.5. The van der Waals surface area contributed by atoms with Crippen molar-refractivity contribution in [1.82, 2.24) is 9.55 Å². The van der Waals surface area contributed by atoms with Crippen LogP contribution in [0.5, 0.6) is 11.5 Å². The van der Waals surface area contributed by atoms with Gasteiger partial charge in [-0.1, -0.05) is 136 Å². The molecule has 1 aromatic heterocycles. The van der Waals surface area contributed by atoms with Crippen LogP contribution in [0, 0.1) is 0 Å². The Kier molecular flexibility index (Phi) is 11.9. The maximum atomic E-state index is 13.7. The van der Waals surface area contributed by atoms with Crippen molar-refractivity contribution in [2.24, 2.45) is 0 Å². The zero-order chi connectivity index (χ0) is 41.8. The van der Waals surface area contributed by atoms with E-state index in [2.05, 4.69) is 25.8 Å². The number of aliphatic hydroxyl groups is 2. The van der Waals surface area contributed by atoms with Crippen LogP contribution in [0.2, 0.25) is 5.04 Å². The van der Waals surface area contributed by atoms with Crippen LogP contribution in [0.1, 0.15) is 43.7 Å². The predicted molar refractivity (Wildman–Crippen MR) is 228 cm³/mol. The summed E-state index contributed by atoms with van der Waals surface area (Å²) in [4.78, 5) is 28.3. The van der Waals surface area contributed by atoms with Gasteiger partial charge in [0.15, 0.2) is 17.4 Å². The first-order valence-electron chi connectivity index (χ1n) is 19.5. The molecule has 0 radical (unpaired) electrons. The van der Waals surface area contributed by atoms with E-state index < -0.39 is 60.8 Å². The lowest BCUT2D eigenvalue weighted by molar-refractivity contribution is -0.239. The molecular weight excluding hydrogens is 765 g/mol. The Hall–Kier alpha value is -5.60. The van der Waals surface area contributed by atoms with Crippen molar-refractivity contribution in [3.05, 3.63) is 189 Å². The average Bonchev–Trinajstić information content (AvgIpc) is 3.54. The van der Waals surface area contributed by atoms with E-state index in [4.69, 9.17) is 23.4 Å². The summed E-state index contributed by atoms with van der Waals surface area (Å²) in [6.07, 6.45) is -3.21. The first-order chi connectivity index (χ1) is 28.4. The summed E-state index contributed by atoms with van der Waals surface area (Å²) in [7, 11) is -0.421. The highest BCUT2D eigenvalue weighted by Gasteiger charge is 2.70. The summed E-state index contributed by atoms with van der Waals surface area (Å²) in [5.74, 6) is 1.24. The molecule has 1 aliphatic rings. The van der Waals surface area contributed by atoms with Gasteiger partial charge < -0.3 is 33.6 Å². The highest BCUT2D eigenvalue weighted by Crippen LogP contribution is 2.56. The highest BCUT2D eigenvalue weighted by atomic mass is 28.4. The topological polar surface area (TPSA) is 141 Å². The first kappa shape index (κ1) is 41.6. The number of aromatic nitrogens is 2. The molecule has 1 saturated heterocycles. The second kappa shape index (κ2) is 16.9. The number of aromatic amines is 1. The Labute approximate surface area is 344 Å².